The van der Waals surface area contributed by atoms with Crippen molar-refractivity contribution in [2.45, 2.75) is 71.2 Å². The molecule has 1 saturated carbocycles. The second-order valence-electron chi connectivity index (χ2n) is 8.11. The standard InChI is InChI=1S/C21H30N2O3/c1-14(2)22-19(24)18-13-26-21(11-9-15(3)10-12-21)23(18)20(25)17-8-6-5-7-16(17)4/h5-8,14-15,18H,9-13H2,1-4H3,(H,22,24)/t15?,18-,21?/m1/s1. The van der Waals surface area contributed by atoms with Crippen molar-refractivity contribution in [3.8, 4) is 0 Å². The Hall–Kier alpha value is -1.88. The highest BCUT2D eigenvalue weighted by atomic mass is 16.5. The minimum Gasteiger partial charge on any atom is -0.353 e. The van der Waals surface area contributed by atoms with Gasteiger partial charge in [0.1, 0.15) is 11.8 Å². The summed E-state index contributed by atoms with van der Waals surface area (Å²) in [6.07, 6.45) is 3.60. The molecule has 0 unspecified atom stereocenters. The number of amides is 2. The molecule has 1 heterocycles. The Balaban J connectivity index is 1.96. The first-order valence-corrected chi connectivity index (χ1v) is 9.68. The Morgan fingerprint density at radius 1 is 1.23 bits per heavy atom. The molecular formula is C21H30N2O3. The normalized spacial score (nSPS) is 28.6. The molecule has 0 bridgehead atoms. The fraction of sp³-hybridized carbons (Fsp3) is 0.619. The van der Waals surface area contributed by atoms with E-state index in [1.54, 1.807) is 4.90 Å². The lowest BCUT2D eigenvalue weighted by atomic mass is 9.83. The lowest BCUT2D eigenvalue weighted by molar-refractivity contribution is -0.128. The van der Waals surface area contributed by atoms with Crippen molar-refractivity contribution in [3.63, 3.8) is 0 Å². The van der Waals surface area contributed by atoms with Crippen LogP contribution in [0.1, 0.15) is 62.4 Å². The molecule has 1 aromatic rings. The summed E-state index contributed by atoms with van der Waals surface area (Å²) in [5.41, 5.74) is 0.926. The molecule has 1 aliphatic heterocycles. The molecule has 26 heavy (non-hydrogen) atoms. The number of ether oxygens (including phenoxy) is 1. The zero-order valence-electron chi connectivity index (χ0n) is 16.2. The molecule has 5 heteroatoms. The highest BCUT2D eigenvalue weighted by molar-refractivity contribution is 5.99. The smallest absolute Gasteiger partial charge is 0.257 e. The molecule has 2 aliphatic rings. The van der Waals surface area contributed by atoms with Gasteiger partial charge in [-0.15, -0.1) is 0 Å². The number of benzene rings is 1. The number of carbonyl (C=O) groups excluding carboxylic acids is 2. The zero-order chi connectivity index (χ0) is 18.9. The third-order valence-electron chi connectivity index (χ3n) is 5.64. The van der Waals surface area contributed by atoms with Crippen molar-refractivity contribution >= 4 is 11.8 Å². The number of nitrogens with one attached hydrogen (secondary N) is 1. The number of aryl methyl sites for hydroxylation is 1. The van der Waals surface area contributed by atoms with Crippen molar-refractivity contribution in [2.24, 2.45) is 5.92 Å². The fourth-order valence-electron chi connectivity index (χ4n) is 4.10. The fourth-order valence-corrected chi connectivity index (χ4v) is 4.10. The van der Waals surface area contributed by atoms with Gasteiger partial charge >= 0.3 is 0 Å². The summed E-state index contributed by atoms with van der Waals surface area (Å²) in [4.78, 5) is 28.0. The van der Waals surface area contributed by atoms with Gasteiger partial charge in [0.15, 0.2) is 0 Å². The summed E-state index contributed by atoms with van der Waals surface area (Å²) in [7, 11) is 0. The molecular weight excluding hydrogens is 328 g/mol. The predicted molar refractivity (Wildman–Crippen MR) is 101 cm³/mol. The molecule has 1 aromatic carbocycles. The first-order chi connectivity index (χ1) is 12.3. The van der Waals surface area contributed by atoms with Gasteiger partial charge in [-0.3, -0.25) is 14.5 Å². The van der Waals surface area contributed by atoms with Crippen LogP contribution >= 0.6 is 0 Å². The van der Waals surface area contributed by atoms with Gasteiger partial charge in [-0.2, -0.15) is 0 Å². The second kappa shape index (κ2) is 7.39. The van der Waals surface area contributed by atoms with Crippen LogP contribution in [0.3, 0.4) is 0 Å². The average molecular weight is 358 g/mol. The van der Waals surface area contributed by atoms with Crippen molar-refractivity contribution in [3.05, 3.63) is 35.4 Å². The molecule has 0 aromatic heterocycles. The van der Waals surface area contributed by atoms with E-state index in [2.05, 4.69) is 12.2 Å². The monoisotopic (exact) mass is 358 g/mol. The van der Waals surface area contributed by atoms with Crippen LogP contribution in [0.5, 0.6) is 0 Å². The molecule has 1 spiro atoms. The van der Waals surface area contributed by atoms with Gasteiger partial charge in [0.2, 0.25) is 5.91 Å². The molecule has 3 rings (SSSR count). The summed E-state index contributed by atoms with van der Waals surface area (Å²) in [5, 5.41) is 2.95. The van der Waals surface area contributed by atoms with E-state index in [4.69, 9.17) is 4.74 Å². The van der Waals surface area contributed by atoms with Crippen LogP contribution in [0.4, 0.5) is 0 Å². The van der Waals surface area contributed by atoms with Crippen molar-refractivity contribution in [1.29, 1.82) is 0 Å². The van der Waals surface area contributed by atoms with Crippen LogP contribution in [0.25, 0.3) is 0 Å². The van der Waals surface area contributed by atoms with Crippen LogP contribution in [0.15, 0.2) is 24.3 Å². The van der Waals surface area contributed by atoms with Gasteiger partial charge in [0.25, 0.3) is 5.91 Å². The molecule has 5 nitrogen and oxygen atoms in total. The van der Waals surface area contributed by atoms with Gasteiger partial charge in [-0.05, 0) is 64.0 Å². The highest BCUT2D eigenvalue weighted by Gasteiger charge is 2.53. The number of carbonyl (C=O) groups is 2. The van der Waals surface area contributed by atoms with E-state index in [0.717, 1.165) is 31.2 Å². The molecule has 2 amide bonds. The van der Waals surface area contributed by atoms with Gasteiger partial charge < -0.3 is 10.1 Å². The molecule has 1 aliphatic carbocycles. The summed E-state index contributed by atoms with van der Waals surface area (Å²) in [6.45, 7) is 8.30. The maximum absolute atomic E-state index is 13.5. The summed E-state index contributed by atoms with van der Waals surface area (Å²) in [5.74, 6) is 0.402. The molecule has 1 N–H and O–H groups in total. The quantitative estimate of drug-likeness (QED) is 0.902. The van der Waals surface area contributed by atoms with Crippen molar-refractivity contribution in [2.75, 3.05) is 6.61 Å². The SMILES string of the molecule is Cc1ccccc1C(=O)N1[C@@H](C(=O)NC(C)C)COC12CCC(C)CC2. The van der Waals surface area contributed by atoms with E-state index in [9.17, 15) is 9.59 Å². The van der Waals surface area contributed by atoms with Crippen molar-refractivity contribution < 1.29 is 14.3 Å². The number of nitrogens with zero attached hydrogens (tertiary/aromatic N) is 1. The lowest BCUT2D eigenvalue weighted by Crippen LogP contribution is -2.57. The van der Waals surface area contributed by atoms with Gasteiger partial charge in [-0.25, -0.2) is 0 Å². The second-order valence-corrected chi connectivity index (χ2v) is 8.11. The van der Waals surface area contributed by atoms with Crippen LogP contribution < -0.4 is 5.32 Å². The number of hydrogen-bond acceptors (Lipinski definition) is 3. The van der Waals surface area contributed by atoms with Crippen LogP contribution in [-0.4, -0.2) is 41.1 Å². The highest BCUT2D eigenvalue weighted by Crippen LogP contribution is 2.43. The molecule has 1 saturated heterocycles. The Bertz CT molecular complexity index is 678. The predicted octanol–water partition coefficient (Wildman–Crippen LogP) is 3.27. The van der Waals surface area contributed by atoms with Gasteiger partial charge in [-0.1, -0.05) is 25.1 Å². The molecule has 1 atom stereocenters. The maximum atomic E-state index is 13.5. The third-order valence-corrected chi connectivity index (χ3v) is 5.64. The first-order valence-electron chi connectivity index (χ1n) is 9.68. The first kappa shape index (κ1) is 18.9. The van der Waals surface area contributed by atoms with E-state index >= 15 is 0 Å². The van der Waals surface area contributed by atoms with E-state index in [-0.39, 0.29) is 24.5 Å². The Morgan fingerprint density at radius 2 is 1.88 bits per heavy atom. The maximum Gasteiger partial charge on any atom is 0.257 e. The van der Waals surface area contributed by atoms with Gasteiger partial charge in [0.05, 0.1) is 6.61 Å². The van der Waals surface area contributed by atoms with Crippen molar-refractivity contribution in [1.82, 2.24) is 10.2 Å². The van der Waals surface area contributed by atoms with Crippen LogP contribution in [0.2, 0.25) is 0 Å². The Morgan fingerprint density at radius 3 is 2.50 bits per heavy atom. The van der Waals surface area contributed by atoms with E-state index in [0.29, 0.717) is 11.5 Å². The molecule has 0 radical (unpaired) electrons. The van der Waals surface area contributed by atoms with Crippen LogP contribution in [0, 0.1) is 12.8 Å². The number of rotatable bonds is 3. The summed E-state index contributed by atoms with van der Waals surface area (Å²) < 4.78 is 6.18. The largest absolute Gasteiger partial charge is 0.353 e. The summed E-state index contributed by atoms with van der Waals surface area (Å²) in [6, 6.07) is 7.03. The molecule has 142 valence electrons. The topological polar surface area (TPSA) is 58.6 Å². The number of hydrogen-bond donors (Lipinski definition) is 1. The molecule has 2 fully saturated rings. The van der Waals surface area contributed by atoms with E-state index in [1.807, 2.05) is 45.0 Å². The third kappa shape index (κ3) is 3.50. The lowest BCUT2D eigenvalue weighted by Gasteiger charge is -2.43. The Labute approximate surface area is 156 Å². The Kier molecular flexibility index (Phi) is 5.37. The van der Waals surface area contributed by atoms with Gasteiger partial charge in [0, 0.05) is 11.6 Å². The van der Waals surface area contributed by atoms with Crippen LogP contribution in [-0.2, 0) is 9.53 Å². The zero-order valence-corrected chi connectivity index (χ0v) is 16.2. The average Bonchev–Trinajstić information content (AvgIpc) is 2.96. The van der Waals surface area contributed by atoms with E-state index < -0.39 is 11.8 Å². The summed E-state index contributed by atoms with van der Waals surface area (Å²) >= 11 is 0. The minimum atomic E-state index is -0.648. The minimum absolute atomic E-state index is 0.0286. The van der Waals surface area contributed by atoms with E-state index in [1.165, 1.54) is 0 Å².